The molecule has 0 fully saturated rings. The van der Waals surface area contributed by atoms with Crippen molar-refractivity contribution >= 4 is 0 Å². The number of hydrogen-bond acceptors (Lipinski definition) is 2. The molecule has 0 amide bonds. The third-order valence-corrected chi connectivity index (χ3v) is 2.61. The first-order chi connectivity index (χ1) is 10.1. The van der Waals surface area contributed by atoms with Gasteiger partial charge >= 0.3 is 0 Å². The van der Waals surface area contributed by atoms with E-state index < -0.39 is 17.5 Å². The van der Waals surface area contributed by atoms with E-state index in [9.17, 15) is 13.2 Å². The molecule has 2 aromatic rings. The van der Waals surface area contributed by atoms with E-state index in [1.807, 2.05) is 0 Å². The molecule has 0 saturated carbocycles. The highest BCUT2D eigenvalue weighted by Crippen LogP contribution is 2.18. The van der Waals surface area contributed by atoms with Crippen LogP contribution in [0, 0.1) is 29.3 Å². The molecule has 0 aliphatic rings. The molecule has 0 bridgehead atoms. The second-order valence-electron chi connectivity index (χ2n) is 4.21. The molecule has 108 valence electrons. The lowest BCUT2D eigenvalue weighted by atomic mass is 10.2. The van der Waals surface area contributed by atoms with Crippen LogP contribution in [0.1, 0.15) is 11.1 Å². The van der Waals surface area contributed by atoms with Crippen LogP contribution in [-0.2, 0) is 6.61 Å². The van der Waals surface area contributed by atoms with Gasteiger partial charge in [-0.1, -0.05) is 11.8 Å². The standard InChI is InChI=1S/C16H12F3NO/c17-13-3-4-16(19)12(8-13)10-21-15-7-11(2-1-5-20)6-14(18)9-15/h3-4,6-9H,5,10,20H2. The van der Waals surface area contributed by atoms with Crippen molar-refractivity contribution in [2.45, 2.75) is 6.61 Å². The Morgan fingerprint density at radius 1 is 1.00 bits per heavy atom. The molecule has 0 aromatic heterocycles. The van der Waals surface area contributed by atoms with Crippen molar-refractivity contribution in [1.29, 1.82) is 0 Å². The second-order valence-corrected chi connectivity index (χ2v) is 4.21. The highest BCUT2D eigenvalue weighted by Gasteiger charge is 2.06. The number of hydrogen-bond donors (Lipinski definition) is 1. The van der Waals surface area contributed by atoms with E-state index in [1.54, 1.807) is 0 Å². The van der Waals surface area contributed by atoms with Crippen LogP contribution >= 0.6 is 0 Å². The minimum Gasteiger partial charge on any atom is -0.489 e. The van der Waals surface area contributed by atoms with Crippen LogP contribution in [0.5, 0.6) is 5.75 Å². The van der Waals surface area contributed by atoms with Crippen LogP contribution in [0.4, 0.5) is 13.2 Å². The van der Waals surface area contributed by atoms with Gasteiger partial charge in [-0.25, -0.2) is 13.2 Å². The van der Waals surface area contributed by atoms with Crippen LogP contribution in [0.3, 0.4) is 0 Å². The summed E-state index contributed by atoms with van der Waals surface area (Å²) < 4.78 is 45.2. The van der Waals surface area contributed by atoms with Gasteiger partial charge in [0.15, 0.2) is 0 Å². The normalized spacial score (nSPS) is 9.90. The summed E-state index contributed by atoms with van der Waals surface area (Å²) in [5, 5.41) is 0. The maximum Gasteiger partial charge on any atom is 0.130 e. The second kappa shape index (κ2) is 6.82. The topological polar surface area (TPSA) is 35.2 Å². The van der Waals surface area contributed by atoms with Crippen LogP contribution in [-0.4, -0.2) is 6.54 Å². The average Bonchev–Trinajstić information content (AvgIpc) is 2.45. The van der Waals surface area contributed by atoms with E-state index in [4.69, 9.17) is 10.5 Å². The third-order valence-electron chi connectivity index (χ3n) is 2.61. The van der Waals surface area contributed by atoms with Crippen LogP contribution < -0.4 is 10.5 Å². The molecule has 0 radical (unpaired) electrons. The monoisotopic (exact) mass is 291 g/mol. The molecular formula is C16H12F3NO. The quantitative estimate of drug-likeness (QED) is 0.882. The molecule has 5 heteroatoms. The van der Waals surface area contributed by atoms with E-state index in [2.05, 4.69) is 11.8 Å². The van der Waals surface area contributed by atoms with Crippen LogP contribution in [0.2, 0.25) is 0 Å². The lowest BCUT2D eigenvalue weighted by molar-refractivity contribution is 0.297. The Balaban J connectivity index is 2.16. The van der Waals surface area contributed by atoms with Crippen molar-refractivity contribution in [3.8, 4) is 17.6 Å². The number of benzene rings is 2. The fourth-order valence-electron chi connectivity index (χ4n) is 1.69. The molecule has 21 heavy (non-hydrogen) atoms. The minimum atomic E-state index is -0.587. The number of halogens is 3. The van der Waals surface area contributed by atoms with Crippen molar-refractivity contribution in [3.63, 3.8) is 0 Å². The largest absolute Gasteiger partial charge is 0.489 e. The predicted octanol–water partition coefficient (Wildman–Crippen LogP) is 2.99. The van der Waals surface area contributed by atoms with E-state index in [0.29, 0.717) is 5.56 Å². The third kappa shape index (κ3) is 4.26. The molecule has 0 spiro atoms. The van der Waals surface area contributed by atoms with Gasteiger partial charge in [0, 0.05) is 17.2 Å². The summed E-state index contributed by atoms with van der Waals surface area (Å²) in [5.74, 6) is 3.76. The van der Waals surface area contributed by atoms with Gasteiger partial charge in [-0.2, -0.15) is 0 Å². The summed E-state index contributed by atoms with van der Waals surface area (Å²) in [7, 11) is 0. The Labute approximate surface area is 120 Å². The first kappa shape index (κ1) is 14.9. The van der Waals surface area contributed by atoms with Gasteiger partial charge in [-0.3, -0.25) is 0 Å². The van der Waals surface area contributed by atoms with Crippen LogP contribution in [0.25, 0.3) is 0 Å². The fraction of sp³-hybridized carbons (Fsp3) is 0.125. The van der Waals surface area contributed by atoms with E-state index in [-0.39, 0.29) is 24.5 Å². The van der Waals surface area contributed by atoms with Gasteiger partial charge in [-0.05, 0) is 30.3 Å². The summed E-state index contributed by atoms with van der Waals surface area (Å²) in [5.41, 5.74) is 5.69. The number of nitrogens with two attached hydrogens (primary N) is 1. The van der Waals surface area contributed by atoms with Crippen LogP contribution in [0.15, 0.2) is 36.4 Å². The zero-order chi connectivity index (χ0) is 15.2. The Morgan fingerprint density at radius 2 is 1.81 bits per heavy atom. The molecule has 0 heterocycles. The molecule has 0 aliphatic heterocycles. The van der Waals surface area contributed by atoms with Crippen molar-refractivity contribution in [1.82, 2.24) is 0 Å². The molecule has 2 nitrogen and oxygen atoms in total. The van der Waals surface area contributed by atoms with Crippen molar-refractivity contribution in [2.24, 2.45) is 5.73 Å². The van der Waals surface area contributed by atoms with Gasteiger partial charge in [-0.15, -0.1) is 0 Å². The summed E-state index contributed by atoms with van der Waals surface area (Å²) in [6.45, 7) is -0.0575. The number of ether oxygens (including phenoxy) is 1. The van der Waals surface area contributed by atoms with Gasteiger partial charge < -0.3 is 10.5 Å². The maximum atomic E-state index is 13.4. The Morgan fingerprint density at radius 3 is 2.57 bits per heavy atom. The summed E-state index contributed by atoms with van der Waals surface area (Å²) in [6, 6.07) is 6.94. The predicted molar refractivity (Wildman–Crippen MR) is 73.0 cm³/mol. The highest BCUT2D eigenvalue weighted by molar-refractivity contribution is 5.40. The SMILES string of the molecule is NCC#Cc1cc(F)cc(OCc2cc(F)ccc2F)c1. The molecule has 2 N–H and O–H groups in total. The van der Waals surface area contributed by atoms with Gasteiger partial charge in [0.2, 0.25) is 0 Å². The molecular weight excluding hydrogens is 279 g/mol. The van der Waals surface area contributed by atoms with Gasteiger partial charge in [0.1, 0.15) is 29.8 Å². The highest BCUT2D eigenvalue weighted by atomic mass is 19.1. The zero-order valence-corrected chi connectivity index (χ0v) is 11.0. The number of rotatable bonds is 3. The minimum absolute atomic E-state index is 0.0499. The molecule has 0 saturated heterocycles. The summed E-state index contributed by atoms with van der Waals surface area (Å²) in [6.07, 6.45) is 0. The lowest BCUT2D eigenvalue weighted by Crippen LogP contribution is -2.00. The molecule has 2 aromatic carbocycles. The average molecular weight is 291 g/mol. The van der Waals surface area contributed by atoms with E-state index >= 15 is 0 Å². The Hall–Kier alpha value is -2.45. The summed E-state index contributed by atoms with van der Waals surface area (Å²) in [4.78, 5) is 0. The molecule has 0 atom stereocenters. The van der Waals surface area contributed by atoms with Crippen molar-refractivity contribution in [3.05, 3.63) is 65.0 Å². The Bertz CT molecular complexity index is 704. The van der Waals surface area contributed by atoms with Crippen molar-refractivity contribution in [2.75, 3.05) is 6.54 Å². The van der Waals surface area contributed by atoms with Crippen molar-refractivity contribution < 1.29 is 17.9 Å². The van der Waals surface area contributed by atoms with Gasteiger partial charge in [0.25, 0.3) is 0 Å². The lowest BCUT2D eigenvalue weighted by Gasteiger charge is -2.08. The first-order valence-electron chi connectivity index (χ1n) is 6.15. The van der Waals surface area contributed by atoms with Gasteiger partial charge in [0.05, 0.1) is 6.54 Å². The molecule has 0 unspecified atom stereocenters. The first-order valence-corrected chi connectivity index (χ1v) is 6.15. The fourth-order valence-corrected chi connectivity index (χ4v) is 1.69. The van der Waals surface area contributed by atoms with E-state index in [0.717, 1.165) is 24.3 Å². The molecule has 2 rings (SSSR count). The molecule has 0 aliphatic carbocycles. The van der Waals surface area contributed by atoms with E-state index in [1.165, 1.54) is 12.1 Å². The Kier molecular flexibility index (Phi) is 4.85. The maximum absolute atomic E-state index is 13.4. The summed E-state index contributed by atoms with van der Waals surface area (Å²) >= 11 is 0. The zero-order valence-electron chi connectivity index (χ0n) is 11.0. The smallest absolute Gasteiger partial charge is 0.130 e.